The molecular weight excluding hydrogens is 390 g/mol. The monoisotopic (exact) mass is 417 g/mol. The molecule has 0 atom stereocenters. The van der Waals surface area contributed by atoms with Crippen LogP contribution in [-0.2, 0) is 0 Å². The zero-order chi connectivity index (χ0) is 21.6. The molecule has 1 aliphatic rings. The maximum Gasteiger partial charge on any atom is 0.321 e. The van der Waals surface area contributed by atoms with Gasteiger partial charge < -0.3 is 14.4 Å². The van der Waals surface area contributed by atoms with Crippen LogP contribution in [-0.4, -0.2) is 41.0 Å². The van der Waals surface area contributed by atoms with E-state index in [-0.39, 0.29) is 11.9 Å². The number of carbonyl (C=O) groups is 1. The summed E-state index contributed by atoms with van der Waals surface area (Å²) in [6, 6.07) is 15.5. The van der Waals surface area contributed by atoms with Crippen molar-refractivity contribution in [2.45, 2.75) is 38.1 Å². The maximum atomic E-state index is 13.0. The van der Waals surface area contributed by atoms with Gasteiger partial charge in [-0.25, -0.2) is 9.97 Å². The van der Waals surface area contributed by atoms with Crippen LogP contribution >= 0.6 is 0 Å². The third kappa shape index (κ3) is 5.02. The summed E-state index contributed by atoms with van der Waals surface area (Å²) in [6.07, 6.45) is 9.26. The van der Waals surface area contributed by atoms with E-state index in [2.05, 4.69) is 9.97 Å². The third-order valence-corrected chi connectivity index (χ3v) is 5.78. The Morgan fingerprint density at radius 1 is 0.935 bits per heavy atom. The van der Waals surface area contributed by atoms with Crippen LogP contribution in [0.5, 0.6) is 17.5 Å². The molecule has 3 aromatic rings. The Bertz CT molecular complexity index is 1010. The van der Waals surface area contributed by atoms with Gasteiger partial charge in [0, 0.05) is 36.6 Å². The molecule has 4 rings (SSSR count). The van der Waals surface area contributed by atoms with Crippen molar-refractivity contribution >= 4 is 5.91 Å². The summed E-state index contributed by atoms with van der Waals surface area (Å²) in [6.45, 7) is 0. The van der Waals surface area contributed by atoms with E-state index >= 15 is 0 Å². The molecule has 1 saturated carbocycles. The van der Waals surface area contributed by atoms with Crippen molar-refractivity contribution < 1.29 is 14.3 Å². The second kappa shape index (κ2) is 9.60. The summed E-state index contributed by atoms with van der Waals surface area (Å²) in [4.78, 5) is 23.5. The van der Waals surface area contributed by atoms with Gasteiger partial charge >= 0.3 is 6.01 Å². The maximum absolute atomic E-state index is 13.0. The lowest BCUT2D eigenvalue weighted by Crippen LogP contribution is -2.38. The number of amides is 1. The minimum atomic E-state index is 0.0640. The van der Waals surface area contributed by atoms with E-state index < -0.39 is 0 Å². The van der Waals surface area contributed by atoms with Gasteiger partial charge in [-0.3, -0.25) is 4.79 Å². The first-order valence-corrected chi connectivity index (χ1v) is 10.7. The topological polar surface area (TPSA) is 64.6 Å². The largest absolute Gasteiger partial charge is 0.497 e. The lowest BCUT2D eigenvalue weighted by Gasteiger charge is -2.31. The Hall–Kier alpha value is -3.41. The Morgan fingerprint density at radius 2 is 1.61 bits per heavy atom. The van der Waals surface area contributed by atoms with E-state index in [0.29, 0.717) is 17.4 Å². The molecule has 31 heavy (non-hydrogen) atoms. The molecular formula is C25H27N3O3. The minimum absolute atomic E-state index is 0.0640. The first-order chi connectivity index (χ1) is 15.1. The van der Waals surface area contributed by atoms with Crippen LogP contribution < -0.4 is 9.47 Å². The van der Waals surface area contributed by atoms with Crippen molar-refractivity contribution in [1.29, 1.82) is 0 Å². The van der Waals surface area contributed by atoms with Crippen LogP contribution in [0, 0.1) is 0 Å². The van der Waals surface area contributed by atoms with Crippen LogP contribution in [0.25, 0.3) is 11.1 Å². The van der Waals surface area contributed by atoms with Crippen LogP contribution in [0.4, 0.5) is 0 Å². The number of hydrogen-bond donors (Lipinski definition) is 0. The van der Waals surface area contributed by atoms with Crippen LogP contribution in [0.1, 0.15) is 42.5 Å². The van der Waals surface area contributed by atoms with Crippen molar-refractivity contribution in [3.05, 3.63) is 66.5 Å². The van der Waals surface area contributed by atoms with Gasteiger partial charge in [-0.15, -0.1) is 0 Å². The molecule has 0 saturated heterocycles. The SMILES string of the molecule is COc1ccc(Oc2ncc(-c3cccc(C(=O)N(C)C4CCCCC4)c3)cn2)cc1. The second-order valence-corrected chi connectivity index (χ2v) is 7.82. The fraction of sp³-hybridized carbons (Fsp3) is 0.320. The Morgan fingerprint density at radius 3 is 2.29 bits per heavy atom. The molecule has 0 spiro atoms. The molecule has 1 amide bonds. The van der Waals surface area contributed by atoms with E-state index in [0.717, 1.165) is 29.7 Å². The number of nitrogens with zero attached hydrogens (tertiary/aromatic N) is 3. The average molecular weight is 418 g/mol. The predicted octanol–water partition coefficient (Wildman–Crippen LogP) is 5.35. The number of rotatable bonds is 6. The van der Waals surface area contributed by atoms with Crippen LogP contribution in [0.3, 0.4) is 0 Å². The summed E-state index contributed by atoms with van der Waals surface area (Å²) in [5, 5.41) is 0. The fourth-order valence-corrected chi connectivity index (χ4v) is 3.94. The second-order valence-electron chi connectivity index (χ2n) is 7.82. The summed E-state index contributed by atoms with van der Waals surface area (Å²) < 4.78 is 10.8. The first-order valence-electron chi connectivity index (χ1n) is 10.7. The predicted molar refractivity (Wildman–Crippen MR) is 120 cm³/mol. The number of hydrogen-bond acceptors (Lipinski definition) is 5. The lowest BCUT2D eigenvalue weighted by molar-refractivity contribution is 0.0696. The average Bonchev–Trinajstić information content (AvgIpc) is 2.84. The molecule has 1 aromatic heterocycles. The van der Waals surface area contributed by atoms with Crippen molar-refractivity contribution in [1.82, 2.24) is 14.9 Å². The van der Waals surface area contributed by atoms with Crippen molar-refractivity contribution in [2.75, 3.05) is 14.2 Å². The van der Waals surface area contributed by atoms with E-state index in [1.807, 2.05) is 48.3 Å². The van der Waals surface area contributed by atoms with Gasteiger partial charge in [0.1, 0.15) is 11.5 Å². The lowest BCUT2D eigenvalue weighted by atomic mass is 9.94. The molecule has 0 aliphatic heterocycles. The van der Waals surface area contributed by atoms with Gasteiger partial charge in [-0.2, -0.15) is 0 Å². The molecule has 160 valence electrons. The Balaban J connectivity index is 1.46. The molecule has 1 aliphatic carbocycles. The highest BCUT2D eigenvalue weighted by Crippen LogP contribution is 2.26. The van der Waals surface area contributed by atoms with Gasteiger partial charge in [-0.05, 0) is 54.8 Å². The zero-order valence-electron chi connectivity index (χ0n) is 18.0. The molecule has 0 N–H and O–H groups in total. The van der Waals surface area contributed by atoms with Gasteiger partial charge in [0.2, 0.25) is 0 Å². The number of ether oxygens (including phenoxy) is 2. The van der Waals surface area contributed by atoms with Gasteiger partial charge in [0.05, 0.1) is 7.11 Å². The zero-order valence-corrected chi connectivity index (χ0v) is 18.0. The van der Waals surface area contributed by atoms with E-state index in [4.69, 9.17) is 9.47 Å². The van der Waals surface area contributed by atoms with Crippen LogP contribution in [0.2, 0.25) is 0 Å². The fourth-order valence-electron chi connectivity index (χ4n) is 3.94. The molecule has 0 unspecified atom stereocenters. The molecule has 0 bridgehead atoms. The standard InChI is InChI=1S/C25H27N3O3/c1-28(21-9-4-3-5-10-21)24(29)19-8-6-7-18(15-19)20-16-26-25(27-17-20)31-23-13-11-22(30-2)12-14-23/h6-8,11-17,21H,3-5,9-10H2,1-2H3. The van der Waals surface area contributed by atoms with E-state index in [1.165, 1.54) is 19.3 Å². The van der Waals surface area contributed by atoms with Crippen molar-refractivity contribution in [2.24, 2.45) is 0 Å². The van der Waals surface area contributed by atoms with E-state index in [9.17, 15) is 4.79 Å². The Labute approximate surface area is 182 Å². The number of benzene rings is 2. The van der Waals surface area contributed by atoms with Gasteiger partial charge in [-0.1, -0.05) is 31.4 Å². The molecule has 6 heteroatoms. The highest BCUT2D eigenvalue weighted by Gasteiger charge is 2.23. The van der Waals surface area contributed by atoms with Crippen molar-refractivity contribution in [3.63, 3.8) is 0 Å². The summed E-state index contributed by atoms with van der Waals surface area (Å²) in [5.74, 6) is 1.45. The molecule has 2 aromatic carbocycles. The molecule has 1 fully saturated rings. The normalized spacial score (nSPS) is 14.1. The highest BCUT2D eigenvalue weighted by atomic mass is 16.5. The summed E-state index contributed by atoms with van der Waals surface area (Å²) in [5.41, 5.74) is 2.42. The molecule has 1 heterocycles. The number of carbonyl (C=O) groups excluding carboxylic acids is 1. The van der Waals surface area contributed by atoms with Gasteiger partial charge in [0.25, 0.3) is 5.91 Å². The summed E-state index contributed by atoms with van der Waals surface area (Å²) >= 11 is 0. The minimum Gasteiger partial charge on any atom is -0.497 e. The summed E-state index contributed by atoms with van der Waals surface area (Å²) in [7, 11) is 3.54. The van der Waals surface area contributed by atoms with Crippen LogP contribution in [0.15, 0.2) is 60.9 Å². The third-order valence-electron chi connectivity index (χ3n) is 5.78. The number of aromatic nitrogens is 2. The first kappa shape index (κ1) is 20.8. The van der Waals surface area contributed by atoms with E-state index in [1.54, 1.807) is 31.6 Å². The smallest absolute Gasteiger partial charge is 0.321 e. The Kier molecular flexibility index (Phi) is 6.46. The molecule has 6 nitrogen and oxygen atoms in total. The quantitative estimate of drug-likeness (QED) is 0.541. The molecule has 0 radical (unpaired) electrons. The number of methoxy groups -OCH3 is 1. The van der Waals surface area contributed by atoms with Gasteiger partial charge in [0.15, 0.2) is 0 Å². The van der Waals surface area contributed by atoms with Crippen molar-refractivity contribution in [3.8, 4) is 28.6 Å². The highest BCUT2D eigenvalue weighted by molar-refractivity contribution is 5.95.